The third-order valence-electron chi connectivity index (χ3n) is 1.19. The van der Waals surface area contributed by atoms with Gasteiger partial charge in [0.1, 0.15) is 6.33 Å². The molecule has 2 aromatic heterocycles. The van der Waals surface area contributed by atoms with Gasteiger partial charge in [0.25, 0.3) is 0 Å². The highest BCUT2D eigenvalue weighted by Crippen LogP contribution is 2.06. The lowest BCUT2D eigenvalue weighted by atomic mass is 10.7. The Labute approximate surface area is 67.6 Å². The molecule has 0 fully saturated rings. The SMILES string of the molecule is c1ccn(Nc2ncns2)c1. The number of aromatic nitrogens is 3. The number of anilines is 1. The lowest BCUT2D eigenvalue weighted by molar-refractivity contribution is 0.964. The third kappa shape index (κ3) is 1.38. The molecule has 0 aliphatic rings. The van der Waals surface area contributed by atoms with Gasteiger partial charge in [-0.1, -0.05) is 0 Å². The van der Waals surface area contributed by atoms with Crippen molar-refractivity contribution in [3.05, 3.63) is 30.9 Å². The van der Waals surface area contributed by atoms with E-state index in [4.69, 9.17) is 0 Å². The van der Waals surface area contributed by atoms with Crippen molar-refractivity contribution in [3.63, 3.8) is 0 Å². The topological polar surface area (TPSA) is 42.7 Å². The fraction of sp³-hybridized carbons (Fsp3) is 0. The van der Waals surface area contributed by atoms with Crippen molar-refractivity contribution in [2.24, 2.45) is 0 Å². The van der Waals surface area contributed by atoms with Crippen LogP contribution in [0.15, 0.2) is 30.9 Å². The van der Waals surface area contributed by atoms with E-state index < -0.39 is 0 Å². The average Bonchev–Trinajstić information content (AvgIpc) is 2.60. The van der Waals surface area contributed by atoms with Crippen LogP contribution in [0.3, 0.4) is 0 Å². The lowest BCUT2D eigenvalue weighted by Gasteiger charge is -2.00. The molecule has 0 saturated carbocycles. The van der Waals surface area contributed by atoms with Crippen LogP contribution in [0.1, 0.15) is 0 Å². The zero-order valence-electron chi connectivity index (χ0n) is 5.64. The molecule has 5 heteroatoms. The molecule has 0 aliphatic carbocycles. The Morgan fingerprint density at radius 1 is 1.36 bits per heavy atom. The van der Waals surface area contributed by atoms with Crippen molar-refractivity contribution < 1.29 is 0 Å². The van der Waals surface area contributed by atoms with Crippen molar-refractivity contribution in [2.75, 3.05) is 5.43 Å². The van der Waals surface area contributed by atoms with E-state index in [0.717, 1.165) is 5.13 Å². The highest BCUT2D eigenvalue weighted by Gasteiger charge is 1.92. The highest BCUT2D eigenvalue weighted by molar-refractivity contribution is 7.09. The monoisotopic (exact) mass is 166 g/mol. The lowest BCUT2D eigenvalue weighted by Crippen LogP contribution is -2.04. The molecule has 0 aromatic carbocycles. The molecule has 2 aromatic rings. The van der Waals surface area contributed by atoms with Crippen LogP contribution in [-0.4, -0.2) is 14.0 Å². The zero-order chi connectivity index (χ0) is 7.52. The second kappa shape index (κ2) is 2.71. The van der Waals surface area contributed by atoms with Gasteiger partial charge in [0, 0.05) is 23.9 Å². The van der Waals surface area contributed by atoms with Crippen molar-refractivity contribution in [2.45, 2.75) is 0 Å². The summed E-state index contributed by atoms with van der Waals surface area (Å²) in [5.74, 6) is 0. The average molecular weight is 166 g/mol. The number of nitrogens with zero attached hydrogens (tertiary/aromatic N) is 3. The van der Waals surface area contributed by atoms with Crippen LogP contribution in [0.25, 0.3) is 0 Å². The van der Waals surface area contributed by atoms with Gasteiger partial charge < -0.3 is 0 Å². The van der Waals surface area contributed by atoms with Gasteiger partial charge in [0.15, 0.2) is 0 Å². The van der Waals surface area contributed by atoms with E-state index in [-0.39, 0.29) is 0 Å². The second-order valence-electron chi connectivity index (χ2n) is 1.95. The first-order chi connectivity index (χ1) is 5.45. The summed E-state index contributed by atoms with van der Waals surface area (Å²) >= 11 is 1.33. The van der Waals surface area contributed by atoms with E-state index >= 15 is 0 Å². The van der Waals surface area contributed by atoms with E-state index in [1.54, 1.807) is 0 Å². The van der Waals surface area contributed by atoms with Crippen molar-refractivity contribution in [1.82, 2.24) is 14.0 Å². The molecular weight excluding hydrogens is 160 g/mol. The van der Waals surface area contributed by atoms with Gasteiger partial charge in [0.05, 0.1) is 0 Å². The number of hydrogen-bond donors (Lipinski definition) is 1. The third-order valence-corrected chi connectivity index (χ3v) is 1.76. The Morgan fingerprint density at radius 3 is 2.82 bits per heavy atom. The Balaban J connectivity index is 2.14. The first-order valence-electron chi connectivity index (χ1n) is 3.12. The molecule has 2 heterocycles. The van der Waals surface area contributed by atoms with Crippen LogP contribution in [-0.2, 0) is 0 Å². The first-order valence-corrected chi connectivity index (χ1v) is 3.89. The van der Waals surface area contributed by atoms with Gasteiger partial charge in [-0.25, -0.2) is 4.98 Å². The fourth-order valence-corrected chi connectivity index (χ4v) is 1.18. The quantitative estimate of drug-likeness (QED) is 0.729. The summed E-state index contributed by atoms with van der Waals surface area (Å²) < 4.78 is 5.68. The van der Waals surface area contributed by atoms with Crippen molar-refractivity contribution >= 4 is 16.7 Å². The van der Waals surface area contributed by atoms with Gasteiger partial charge in [-0.15, -0.1) is 0 Å². The minimum atomic E-state index is 0.793. The molecule has 0 amide bonds. The second-order valence-corrected chi connectivity index (χ2v) is 2.73. The van der Waals surface area contributed by atoms with Crippen LogP contribution < -0.4 is 5.43 Å². The normalized spacial score (nSPS) is 9.82. The van der Waals surface area contributed by atoms with Crippen LogP contribution in [0.4, 0.5) is 5.13 Å². The van der Waals surface area contributed by atoms with Gasteiger partial charge >= 0.3 is 0 Å². The maximum Gasteiger partial charge on any atom is 0.221 e. The predicted molar refractivity (Wildman–Crippen MR) is 43.4 cm³/mol. The van der Waals surface area contributed by atoms with Crippen LogP contribution in [0, 0.1) is 0 Å². The maximum absolute atomic E-state index is 3.97. The molecule has 4 nitrogen and oxygen atoms in total. The maximum atomic E-state index is 3.97. The molecule has 0 radical (unpaired) electrons. The van der Waals surface area contributed by atoms with Crippen LogP contribution in [0.5, 0.6) is 0 Å². The largest absolute Gasteiger partial charge is 0.269 e. The number of rotatable bonds is 2. The van der Waals surface area contributed by atoms with E-state index in [1.165, 1.54) is 17.9 Å². The molecule has 11 heavy (non-hydrogen) atoms. The van der Waals surface area contributed by atoms with E-state index in [0.29, 0.717) is 0 Å². The van der Waals surface area contributed by atoms with Crippen LogP contribution in [0.2, 0.25) is 0 Å². The van der Waals surface area contributed by atoms with Gasteiger partial charge in [-0.2, -0.15) is 4.37 Å². The highest BCUT2D eigenvalue weighted by atomic mass is 32.1. The molecule has 1 N–H and O–H groups in total. The smallest absolute Gasteiger partial charge is 0.221 e. The Kier molecular flexibility index (Phi) is 1.57. The summed E-state index contributed by atoms with van der Waals surface area (Å²) in [5, 5.41) is 0.793. The van der Waals surface area contributed by atoms with E-state index in [2.05, 4.69) is 14.8 Å². The summed E-state index contributed by atoms with van der Waals surface area (Å²) in [6.45, 7) is 0. The minimum Gasteiger partial charge on any atom is -0.269 e. The summed E-state index contributed by atoms with van der Waals surface area (Å²) in [5.41, 5.74) is 3.03. The zero-order valence-corrected chi connectivity index (χ0v) is 6.45. The van der Waals surface area contributed by atoms with E-state index in [9.17, 15) is 0 Å². The molecule has 2 rings (SSSR count). The number of hydrogen-bond acceptors (Lipinski definition) is 4. The van der Waals surface area contributed by atoms with Gasteiger partial charge in [-0.3, -0.25) is 10.1 Å². The summed E-state index contributed by atoms with van der Waals surface area (Å²) in [6.07, 6.45) is 5.33. The summed E-state index contributed by atoms with van der Waals surface area (Å²) in [4.78, 5) is 3.97. The first kappa shape index (κ1) is 6.36. The van der Waals surface area contributed by atoms with Crippen LogP contribution >= 0.6 is 11.5 Å². The summed E-state index contributed by atoms with van der Waals surface area (Å²) in [6, 6.07) is 3.88. The molecular formula is C6H6N4S. The molecule has 0 atom stereocenters. The van der Waals surface area contributed by atoms with Crippen molar-refractivity contribution in [1.29, 1.82) is 0 Å². The van der Waals surface area contributed by atoms with Gasteiger partial charge in [0.2, 0.25) is 5.13 Å². The Bertz CT molecular complexity index is 267. The van der Waals surface area contributed by atoms with Gasteiger partial charge in [-0.05, 0) is 12.1 Å². The Hall–Kier alpha value is -1.36. The molecule has 56 valence electrons. The predicted octanol–water partition coefficient (Wildman–Crippen LogP) is 1.21. The molecule has 0 bridgehead atoms. The molecule has 0 unspecified atom stereocenters. The summed E-state index contributed by atoms with van der Waals surface area (Å²) in [7, 11) is 0. The molecule has 0 aliphatic heterocycles. The molecule has 0 saturated heterocycles. The van der Waals surface area contributed by atoms with E-state index in [1.807, 2.05) is 29.2 Å². The standard InChI is InChI=1S/C6H6N4S/c1-2-4-10(3-1)9-6-7-5-8-11-6/h1-5H,(H,7,8,9). The minimum absolute atomic E-state index is 0.793. The number of nitrogens with one attached hydrogen (secondary N) is 1. The Morgan fingerprint density at radius 2 is 2.18 bits per heavy atom. The molecule has 0 spiro atoms. The fourth-order valence-electron chi connectivity index (χ4n) is 0.742. The van der Waals surface area contributed by atoms with Crippen molar-refractivity contribution in [3.8, 4) is 0 Å².